The molecule has 2 rings (SSSR count). The molecular weight excluding hydrogens is 324 g/mol. The normalized spacial score (nSPS) is 11.4. The predicted molar refractivity (Wildman–Crippen MR) is 74.6 cm³/mol. The lowest BCUT2D eigenvalue weighted by Gasteiger charge is -2.08. The zero-order valence-electron chi connectivity index (χ0n) is 9.91. The van der Waals surface area contributed by atoms with E-state index >= 15 is 0 Å². The molecule has 1 heterocycles. The molecule has 0 unspecified atom stereocenters. The second-order valence-electron chi connectivity index (χ2n) is 3.74. The summed E-state index contributed by atoms with van der Waals surface area (Å²) in [6.07, 6.45) is 1.54. The number of rotatable bonds is 5. The number of sulfonamides is 1. The molecule has 9 heteroatoms. The van der Waals surface area contributed by atoms with Crippen LogP contribution in [0.4, 0.5) is 0 Å². The van der Waals surface area contributed by atoms with Gasteiger partial charge in [0.1, 0.15) is 4.90 Å². The van der Waals surface area contributed by atoms with Gasteiger partial charge in [-0.05, 0) is 18.2 Å². The Morgan fingerprint density at radius 2 is 2.20 bits per heavy atom. The number of hydrogen-bond acceptors (Lipinski definition) is 5. The Hall–Kier alpha value is -1.48. The molecule has 20 heavy (non-hydrogen) atoms. The first-order valence-corrected chi connectivity index (χ1v) is 8.04. The van der Waals surface area contributed by atoms with E-state index in [2.05, 4.69) is 9.71 Å². The number of nitrogens with zero attached hydrogens (tertiary/aromatic N) is 1. The summed E-state index contributed by atoms with van der Waals surface area (Å²) in [4.78, 5) is 15.2. The molecule has 0 aliphatic rings. The zero-order chi connectivity index (χ0) is 14.8. The highest BCUT2D eigenvalue weighted by molar-refractivity contribution is 7.89. The van der Waals surface area contributed by atoms with Crippen LogP contribution < -0.4 is 4.72 Å². The molecule has 106 valence electrons. The van der Waals surface area contributed by atoms with Crippen molar-refractivity contribution in [2.24, 2.45) is 0 Å². The number of aromatic carboxylic acids is 1. The van der Waals surface area contributed by atoms with E-state index in [1.54, 1.807) is 11.7 Å². The first-order chi connectivity index (χ1) is 9.40. The minimum atomic E-state index is -3.89. The third-order valence-corrected chi connectivity index (χ3v) is 5.05. The van der Waals surface area contributed by atoms with Crippen LogP contribution in [0.15, 0.2) is 34.8 Å². The third-order valence-electron chi connectivity index (χ3n) is 2.39. The summed E-state index contributed by atoms with van der Waals surface area (Å²) >= 11 is 7.13. The zero-order valence-corrected chi connectivity index (χ0v) is 12.3. The number of benzene rings is 1. The van der Waals surface area contributed by atoms with E-state index in [0.29, 0.717) is 0 Å². The highest BCUT2D eigenvalue weighted by atomic mass is 35.5. The Labute approximate surface area is 124 Å². The average molecular weight is 333 g/mol. The molecule has 0 saturated carbocycles. The highest BCUT2D eigenvalue weighted by Crippen LogP contribution is 2.23. The first kappa shape index (κ1) is 14.9. The van der Waals surface area contributed by atoms with Crippen molar-refractivity contribution in [2.75, 3.05) is 0 Å². The minimum Gasteiger partial charge on any atom is -0.478 e. The lowest BCUT2D eigenvalue weighted by Crippen LogP contribution is -2.23. The lowest BCUT2D eigenvalue weighted by molar-refractivity contribution is 0.0696. The van der Waals surface area contributed by atoms with E-state index in [-0.39, 0.29) is 22.0 Å². The van der Waals surface area contributed by atoms with Gasteiger partial charge in [0.05, 0.1) is 16.1 Å². The summed E-state index contributed by atoms with van der Waals surface area (Å²) in [7, 11) is -3.89. The number of aromatic nitrogens is 1. The van der Waals surface area contributed by atoms with Gasteiger partial charge in [0.15, 0.2) is 0 Å². The van der Waals surface area contributed by atoms with Gasteiger partial charge in [-0.1, -0.05) is 11.6 Å². The minimum absolute atomic E-state index is 0.0354. The van der Waals surface area contributed by atoms with E-state index in [9.17, 15) is 13.2 Å². The monoisotopic (exact) mass is 332 g/mol. The number of carbonyl (C=O) groups is 1. The molecule has 2 aromatic rings. The van der Waals surface area contributed by atoms with Gasteiger partial charge in [0.2, 0.25) is 10.0 Å². The highest BCUT2D eigenvalue weighted by Gasteiger charge is 2.20. The van der Waals surface area contributed by atoms with Crippen molar-refractivity contribution in [1.82, 2.24) is 9.71 Å². The fourth-order valence-corrected chi connectivity index (χ4v) is 3.57. The number of hydrogen-bond donors (Lipinski definition) is 2. The van der Waals surface area contributed by atoms with Crippen LogP contribution in [-0.4, -0.2) is 24.5 Å². The maximum atomic E-state index is 12.1. The van der Waals surface area contributed by atoms with Gasteiger partial charge >= 0.3 is 5.97 Å². The summed E-state index contributed by atoms with van der Waals surface area (Å²) in [6, 6.07) is 3.51. The van der Waals surface area contributed by atoms with E-state index in [4.69, 9.17) is 16.7 Å². The third kappa shape index (κ3) is 3.34. The van der Waals surface area contributed by atoms with Crippen LogP contribution in [0.5, 0.6) is 0 Å². The van der Waals surface area contributed by atoms with E-state index in [1.807, 2.05) is 0 Å². The number of carboxylic acid groups (broad SMARTS) is 1. The van der Waals surface area contributed by atoms with Crippen molar-refractivity contribution in [1.29, 1.82) is 0 Å². The average Bonchev–Trinajstić information content (AvgIpc) is 2.89. The van der Waals surface area contributed by atoms with E-state index < -0.39 is 16.0 Å². The van der Waals surface area contributed by atoms with Gasteiger partial charge < -0.3 is 5.11 Å². The van der Waals surface area contributed by atoms with Crippen LogP contribution in [0.1, 0.15) is 15.2 Å². The summed E-state index contributed by atoms with van der Waals surface area (Å²) in [5.41, 5.74) is 1.44. The molecule has 0 bridgehead atoms. The van der Waals surface area contributed by atoms with E-state index in [0.717, 1.165) is 10.9 Å². The number of nitrogens with one attached hydrogen (secondary N) is 1. The van der Waals surface area contributed by atoms with Crippen LogP contribution in [-0.2, 0) is 16.6 Å². The van der Waals surface area contributed by atoms with Crippen LogP contribution in [0.25, 0.3) is 0 Å². The SMILES string of the molecule is O=C(O)c1ccc(Cl)c(S(=O)(=O)NCc2cncs2)c1. The number of thiazole rings is 1. The Balaban J connectivity index is 2.28. The molecule has 0 aliphatic carbocycles. The van der Waals surface area contributed by atoms with Crippen molar-refractivity contribution >= 4 is 38.9 Å². The Morgan fingerprint density at radius 3 is 2.80 bits per heavy atom. The molecule has 2 N–H and O–H groups in total. The maximum Gasteiger partial charge on any atom is 0.335 e. The largest absolute Gasteiger partial charge is 0.478 e. The molecule has 0 spiro atoms. The van der Waals surface area contributed by atoms with Crippen molar-refractivity contribution in [3.63, 3.8) is 0 Å². The molecular formula is C11H9ClN2O4S2. The first-order valence-electron chi connectivity index (χ1n) is 5.30. The molecule has 0 radical (unpaired) electrons. The van der Waals surface area contributed by atoms with Gasteiger partial charge in [0, 0.05) is 17.6 Å². The molecule has 0 fully saturated rings. The smallest absolute Gasteiger partial charge is 0.335 e. The molecule has 6 nitrogen and oxygen atoms in total. The topological polar surface area (TPSA) is 96.4 Å². The van der Waals surface area contributed by atoms with Gasteiger partial charge in [-0.2, -0.15) is 0 Å². The fraction of sp³-hybridized carbons (Fsp3) is 0.0909. The second-order valence-corrected chi connectivity index (χ2v) is 6.86. The molecule has 1 aromatic heterocycles. The Morgan fingerprint density at radius 1 is 1.45 bits per heavy atom. The summed E-state index contributed by atoms with van der Waals surface area (Å²) < 4.78 is 26.6. The van der Waals surface area contributed by atoms with Gasteiger partial charge in [-0.3, -0.25) is 4.98 Å². The molecule has 0 amide bonds. The van der Waals surface area contributed by atoms with E-state index in [1.165, 1.54) is 23.5 Å². The molecule has 0 saturated heterocycles. The predicted octanol–water partition coefficient (Wildman–Crippen LogP) is 1.97. The molecule has 1 aromatic carbocycles. The second kappa shape index (κ2) is 5.88. The fourth-order valence-electron chi connectivity index (χ4n) is 1.42. The molecule has 0 atom stereocenters. The summed E-state index contributed by atoms with van der Waals surface area (Å²) in [5.74, 6) is -1.22. The van der Waals surface area contributed by atoms with Gasteiger partial charge in [-0.15, -0.1) is 11.3 Å². The molecule has 0 aliphatic heterocycles. The standard InChI is InChI=1S/C11H9ClN2O4S2/c12-9-2-1-7(11(15)16)3-10(9)20(17,18)14-5-8-4-13-6-19-8/h1-4,6,14H,5H2,(H,15,16). The van der Waals surface area contributed by atoms with Crippen LogP contribution >= 0.6 is 22.9 Å². The summed E-state index contributed by atoms with van der Waals surface area (Å²) in [5, 5.41) is 8.85. The van der Waals surface area contributed by atoms with Crippen molar-refractivity contribution in [2.45, 2.75) is 11.4 Å². The maximum absolute atomic E-state index is 12.1. The van der Waals surface area contributed by atoms with Gasteiger partial charge in [-0.25, -0.2) is 17.9 Å². The Kier molecular flexibility index (Phi) is 4.39. The van der Waals surface area contributed by atoms with Crippen molar-refractivity contribution in [3.8, 4) is 0 Å². The lowest BCUT2D eigenvalue weighted by atomic mass is 10.2. The number of carboxylic acids is 1. The van der Waals surface area contributed by atoms with Gasteiger partial charge in [0.25, 0.3) is 0 Å². The van der Waals surface area contributed by atoms with Crippen LogP contribution in [0, 0.1) is 0 Å². The van der Waals surface area contributed by atoms with Crippen LogP contribution in [0.3, 0.4) is 0 Å². The van der Waals surface area contributed by atoms with Crippen LogP contribution in [0.2, 0.25) is 5.02 Å². The quantitative estimate of drug-likeness (QED) is 0.872. The Bertz CT molecular complexity index is 729. The number of halogens is 1. The van der Waals surface area contributed by atoms with Crippen molar-refractivity contribution in [3.05, 3.63) is 45.4 Å². The van der Waals surface area contributed by atoms with Crippen molar-refractivity contribution < 1.29 is 18.3 Å². The summed E-state index contributed by atoms with van der Waals surface area (Å²) in [6.45, 7) is 0.0701.